The molecule has 0 unspecified atom stereocenters. The summed E-state index contributed by atoms with van der Waals surface area (Å²) in [6.45, 7) is 2.04. The van der Waals surface area contributed by atoms with Gasteiger partial charge in [0.25, 0.3) is 0 Å². The van der Waals surface area contributed by atoms with Crippen molar-refractivity contribution in [2.75, 3.05) is 0 Å². The standard InChI is InChI=1S/C19H12Cl2N2S/c1-12-2-4-13(5-3-12)18-11-24-19(23-18)15(10-22)8-14-6-7-16(20)9-17(14)21/h2-9,11H,1H3/b15-8+. The van der Waals surface area contributed by atoms with Gasteiger partial charge >= 0.3 is 0 Å². The van der Waals surface area contributed by atoms with Gasteiger partial charge in [-0.05, 0) is 30.7 Å². The molecule has 0 aliphatic rings. The Kier molecular flexibility index (Phi) is 5.01. The summed E-state index contributed by atoms with van der Waals surface area (Å²) >= 11 is 13.5. The molecule has 24 heavy (non-hydrogen) atoms. The molecule has 5 heteroatoms. The van der Waals surface area contributed by atoms with Crippen LogP contribution in [0.5, 0.6) is 0 Å². The van der Waals surface area contributed by atoms with Gasteiger partial charge in [-0.25, -0.2) is 4.98 Å². The highest BCUT2D eigenvalue weighted by Gasteiger charge is 2.10. The van der Waals surface area contributed by atoms with Crippen molar-refractivity contribution in [3.8, 4) is 17.3 Å². The lowest BCUT2D eigenvalue weighted by molar-refractivity contribution is 1.36. The second kappa shape index (κ2) is 7.19. The maximum Gasteiger partial charge on any atom is 0.134 e. The van der Waals surface area contributed by atoms with Crippen molar-refractivity contribution >= 4 is 46.2 Å². The Labute approximate surface area is 154 Å². The number of aromatic nitrogens is 1. The summed E-state index contributed by atoms with van der Waals surface area (Å²) in [5.74, 6) is 0. The highest BCUT2D eigenvalue weighted by molar-refractivity contribution is 7.11. The van der Waals surface area contributed by atoms with E-state index in [4.69, 9.17) is 23.2 Å². The van der Waals surface area contributed by atoms with Crippen LogP contribution in [0.4, 0.5) is 0 Å². The summed E-state index contributed by atoms with van der Waals surface area (Å²) in [7, 11) is 0. The van der Waals surface area contributed by atoms with Crippen LogP contribution in [-0.4, -0.2) is 4.98 Å². The summed E-state index contributed by atoms with van der Waals surface area (Å²) in [6, 6.07) is 15.5. The number of hydrogen-bond donors (Lipinski definition) is 0. The zero-order valence-electron chi connectivity index (χ0n) is 12.8. The number of nitriles is 1. The smallest absolute Gasteiger partial charge is 0.134 e. The van der Waals surface area contributed by atoms with Crippen molar-refractivity contribution in [2.45, 2.75) is 6.92 Å². The second-order valence-electron chi connectivity index (χ2n) is 5.24. The van der Waals surface area contributed by atoms with Crippen LogP contribution in [0.15, 0.2) is 47.8 Å². The molecule has 3 rings (SSSR count). The van der Waals surface area contributed by atoms with Gasteiger partial charge in [0, 0.05) is 21.0 Å². The van der Waals surface area contributed by atoms with Crippen molar-refractivity contribution in [1.82, 2.24) is 4.98 Å². The predicted octanol–water partition coefficient (Wildman–Crippen LogP) is 6.49. The summed E-state index contributed by atoms with van der Waals surface area (Å²) in [5.41, 5.74) is 4.31. The monoisotopic (exact) mass is 370 g/mol. The van der Waals surface area contributed by atoms with Crippen LogP contribution in [0.25, 0.3) is 22.9 Å². The van der Waals surface area contributed by atoms with Crippen molar-refractivity contribution < 1.29 is 0 Å². The normalized spacial score (nSPS) is 11.3. The third-order valence-corrected chi connectivity index (χ3v) is 4.90. The first kappa shape index (κ1) is 16.7. The average molecular weight is 371 g/mol. The maximum atomic E-state index is 9.48. The summed E-state index contributed by atoms with van der Waals surface area (Å²) < 4.78 is 0. The molecule has 118 valence electrons. The number of benzene rings is 2. The fourth-order valence-electron chi connectivity index (χ4n) is 2.17. The van der Waals surface area contributed by atoms with Crippen molar-refractivity contribution in [1.29, 1.82) is 5.26 Å². The molecule has 1 aromatic heterocycles. The van der Waals surface area contributed by atoms with Crippen molar-refractivity contribution in [2.24, 2.45) is 0 Å². The molecule has 0 saturated carbocycles. The highest BCUT2D eigenvalue weighted by atomic mass is 35.5. The largest absolute Gasteiger partial charge is 0.235 e. The van der Waals surface area contributed by atoms with Crippen molar-refractivity contribution in [3.05, 3.63) is 74.0 Å². The lowest BCUT2D eigenvalue weighted by Gasteiger charge is -2.00. The first-order valence-corrected chi connectivity index (χ1v) is 8.80. The molecule has 0 atom stereocenters. The maximum absolute atomic E-state index is 9.48. The zero-order chi connectivity index (χ0) is 17.1. The SMILES string of the molecule is Cc1ccc(-c2csc(/C(C#N)=C/c3ccc(Cl)cc3Cl)n2)cc1. The van der Waals surface area contributed by atoms with Crippen LogP contribution < -0.4 is 0 Å². The van der Waals surface area contributed by atoms with E-state index in [1.54, 1.807) is 24.3 Å². The molecule has 0 bridgehead atoms. The van der Waals surface area contributed by atoms with E-state index in [-0.39, 0.29) is 0 Å². The lowest BCUT2D eigenvalue weighted by Crippen LogP contribution is -1.84. The van der Waals surface area contributed by atoms with E-state index in [2.05, 4.69) is 11.1 Å². The summed E-state index contributed by atoms with van der Waals surface area (Å²) in [6.07, 6.45) is 1.73. The number of rotatable bonds is 3. The van der Waals surface area contributed by atoms with Gasteiger partial charge in [0.05, 0.1) is 11.3 Å². The minimum atomic E-state index is 0.475. The molecule has 0 radical (unpaired) electrons. The predicted molar refractivity (Wildman–Crippen MR) is 102 cm³/mol. The Morgan fingerprint density at radius 3 is 2.58 bits per heavy atom. The molecule has 0 fully saturated rings. The molecule has 0 saturated heterocycles. The van der Waals surface area contributed by atoms with Crippen LogP contribution >= 0.6 is 34.5 Å². The van der Waals surface area contributed by atoms with E-state index < -0.39 is 0 Å². The van der Waals surface area contributed by atoms with Crippen LogP contribution in [0.1, 0.15) is 16.1 Å². The molecule has 0 N–H and O–H groups in total. The third-order valence-electron chi connectivity index (χ3n) is 3.46. The van der Waals surface area contributed by atoms with Crippen LogP contribution in [0, 0.1) is 18.3 Å². The lowest BCUT2D eigenvalue weighted by atomic mass is 10.1. The Morgan fingerprint density at radius 1 is 1.17 bits per heavy atom. The second-order valence-corrected chi connectivity index (χ2v) is 6.94. The van der Waals surface area contributed by atoms with Gasteiger partial charge in [-0.3, -0.25) is 0 Å². The van der Waals surface area contributed by atoms with E-state index in [1.807, 2.05) is 36.6 Å². The minimum absolute atomic E-state index is 0.475. The molecular weight excluding hydrogens is 359 g/mol. The molecule has 3 aromatic rings. The number of aryl methyl sites for hydroxylation is 1. The van der Waals surface area contributed by atoms with Crippen LogP contribution in [-0.2, 0) is 0 Å². The molecule has 0 aliphatic carbocycles. The average Bonchev–Trinajstić information content (AvgIpc) is 3.05. The molecule has 0 spiro atoms. The van der Waals surface area contributed by atoms with Gasteiger partial charge in [-0.15, -0.1) is 11.3 Å². The topological polar surface area (TPSA) is 36.7 Å². The zero-order valence-corrected chi connectivity index (χ0v) is 15.1. The minimum Gasteiger partial charge on any atom is -0.235 e. The Bertz CT molecular complexity index is 950. The number of nitrogens with zero attached hydrogens (tertiary/aromatic N) is 2. The first-order valence-electron chi connectivity index (χ1n) is 7.16. The fourth-order valence-corrected chi connectivity index (χ4v) is 3.43. The van der Waals surface area contributed by atoms with Gasteiger partial charge in [0.2, 0.25) is 0 Å². The van der Waals surface area contributed by atoms with E-state index in [9.17, 15) is 5.26 Å². The van der Waals surface area contributed by atoms with Crippen LogP contribution in [0.3, 0.4) is 0 Å². The van der Waals surface area contributed by atoms with Gasteiger partial charge in [-0.1, -0.05) is 59.1 Å². The Morgan fingerprint density at radius 2 is 1.92 bits per heavy atom. The fraction of sp³-hybridized carbons (Fsp3) is 0.0526. The van der Waals surface area contributed by atoms with E-state index in [0.717, 1.165) is 16.8 Å². The molecule has 0 aliphatic heterocycles. The van der Waals surface area contributed by atoms with E-state index in [0.29, 0.717) is 20.6 Å². The summed E-state index contributed by atoms with van der Waals surface area (Å²) in [4.78, 5) is 4.58. The van der Waals surface area contributed by atoms with Gasteiger partial charge < -0.3 is 0 Å². The molecule has 1 heterocycles. The van der Waals surface area contributed by atoms with Crippen LogP contribution in [0.2, 0.25) is 10.0 Å². The van der Waals surface area contributed by atoms with E-state index in [1.165, 1.54) is 16.9 Å². The highest BCUT2D eigenvalue weighted by Crippen LogP contribution is 2.29. The number of hydrogen-bond acceptors (Lipinski definition) is 3. The number of thiazole rings is 1. The summed E-state index contributed by atoms with van der Waals surface area (Å²) in [5, 5.41) is 13.2. The molecular formula is C19H12Cl2N2S. The van der Waals surface area contributed by atoms with Crippen molar-refractivity contribution in [3.63, 3.8) is 0 Å². The quantitative estimate of drug-likeness (QED) is 0.494. The first-order chi connectivity index (χ1) is 11.6. The molecule has 2 nitrogen and oxygen atoms in total. The Hall–Kier alpha value is -2.12. The molecule has 0 amide bonds. The van der Waals surface area contributed by atoms with Gasteiger partial charge in [-0.2, -0.15) is 5.26 Å². The van der Waals surface area contributed by atoms with E-state index >= 15 is 0 Å². The Balaban J connectivity index is 1.96. The molecule has 2 aromatic carbocycles. The number of halogens is 2. The van der Waals surface area contributed by atoms with Gasteiger partial charge in [0.15, 0.2) is 0 Å². The third kappa shape index (κ3) is 3.68. The number of allylic oxidation sites excluding steroid dienone is 1. The van der Waals surface area contributed by atoms with Gasteiger partial charge in [0.1, 0.15) is 11.1 Å².